The molecule has 50 heavy (non-hydrogen) atoms. The van der Waals surface area contributed by atoms with E-state index in [1.165, 1.54) is 48.1 Å². The molecule has 3 heterocycles. The van der Waals surface area contributed by atoms with E-state index in [9.17, 15) is 0 Å². The summed E-state index contributed by atoms with van der Waals surface area (Å²) in [6.07, 6.45) is 15.5. The maximum Gasteiger partial charge on any atom is 0.0886 e. The molecule has 240 valence electrons. The molecule has 3 aromatic heterocycles. The Hall–Kier alpha value is -6.10. The summed E-state index contributed by atoms with van der Waals surface area (Å²) in [5, 5.41) is 0. The fraction of sp³-hybridized carbons (Fsp3) is 0.0217. The maximum absolute atomic E-state index is 4.75. The second-order valence-electron chi connectivity index (χ2n) is 12.1. The van der Waals surface area contributed by atoms with E-state index in [4.69, 9.17) is 4.98 Å². The quantitative estimate of drug-likeness (QED) is 0.165. The number of aromatic nitrogens is 3. The number of hydrogen-bond acceptors (Lipinski definition) is 3. The van der Waals surface area contributed by atoms with Crippen LogP contribution in [0.4, 0.5) is 0 Å². The summed E-state index contributed by atoms with van der Waals surface area (Å²) in [6, 6.07) is 53.7. The summed E-state index contributed by atoms with van der Waals surface area (Å²) < 4.78 is 0. The second kappa shape index (κ2) is 14.6. The highest BCUT2D eigenvalue weighted by Gasteiger charge is 2.21. The van der Waals surface area contributed by atoms with Gasteiger partial charge in [-0.05, 0) is 104 Å². The van der Waals surface area contributed by atoms with Gasteiger partial charge in [-0.2, -0.15) is 10.9 Å². The van der Waals surface area contributed by atoms with E-state index < -0.39 is 10.9 Å². The van der Waals surface area contributed by atoms with E-state index in [0.29, 0.717) is 0 Å². The number of allylic oxidation sites excluding steroid dienone is 5. The van der Waals surface area contributed by atoms with Gasteiger partial charge in [-0.1, -0.05) is 121 Å². The van der Waals surface area contributed by atoms with Crippen molar-refractivity contribution in [2.24, 2.45) is 0 Å². The molecule has 4 aromatic carbocycles. The second-order valence-corrected chi connectivity index (χ2v) is 14.3. The first-order chi connectivity index (χ1) is 24.8. The van der Waals surface area contributed by atoms with Gasteiger partial charge in [0, 0.05) is 35.3 Å². The molecule has 0 fully saturated rings. The van der Waals surface area contributed by atoms with Crippen LogP contribution in [-0.2, 0) is 0 Å². The topological polar surface area (TPSA) is 38.7 Å². The van der Waals surface area contributed by atoms with Crippen LogP contribution in [0.3, 0.4) is 0 Å². The lowest BCUT2D eigenvalue weighted by Gasteiger charge is -2.27. The van der Waals surface area contributed by atoms with Gasteiger partial charge in [0.15, 0.2) is 0 Å². The van der Waals surface area contributed by atoms with Crippen molar-refractivity contribution in [3.05, 3.63) is 211 Å². The van der Waals surface area contributed by atoms with Crippen molar-refractivity contribution in [1.29, 1.82) is 0 Å². The molecule has 4 heteroatoms. The van der Waals surface area contributed by atoms with Crippen LogP contribution in [0, 0.1) is 0 Å². The highest BCUT2D eigenvalue weighted by Crippen LogP contribution is 2.55. The third-order valence-corrected chi connectivity index (χ3v) is 11.5. The highest BCUT2D eigenvalue weighted by molar-refractivity contribution is 8.20. The molecule has 8 rings (SSSR count). The molecule has 1 aliphatic carbocycles. The zero-order valence-electron chi connectivity index (χ0n) is 27.5. The SMILES string of the molecule is C1=CC(c2ccc(-c3ccccc3-c3ccc(-c4ccccn4)nc3)cc2)=CC([SH](c2ccccc2)c2ccncc2)=C(c2ccccc2)C1. The number of nitrogens with zero attached hydrogens (tertiary/aromatic N) is 3. The van der Waals surface area contributed by atoms with Crippen LogP contribution in [-0.4, -0.2) is 15.0 Å². The Labute approximate surface area is 296 Å². The average Bonchev–Trinajstić information content (AvgIpc) is 3.43. The van der Waals surface area contributed by atoms with Crippen LogP contribution in [0.1, 0.15) is 17.5 Å². The van der Waals surface area contributed by atoms with Gasteiger partial charge in [0.2, 0.25) is 0 Å². The van der Waals surface area contributed by atoms with Gasteiger partial charge in [-0.25, -0.2) is 0 Å². The smallest absolute Gasteiger partial charge is 0.0886 e. The Morgan fingerprint density at radius 1 is 0.460 bits per heavy atom. The molecule has 0 radical (unpaired) electrons. The fourth-order valence-electron chi connectivity index (χ4n) is 6.52. The number of rotatable bonds is 8. The number of thiol groups is 1. The van der Waals surface area contributed by atoms with Gasteiger partial charge in [0.05, 0.1) is 11.4 Å². The number of hydrogen-bond donors (Lipinski definition) is 1. The zero-order chi connectivity index (χ0) is 33.5. The molecule has 1 unspecified atom stereocenters. The molecule has 0 saturated carbocycles. The van der Waals surface area contributed by atoms with Crippen LogP contribution in [0.5, 0.6) is 0 Å². The third kappa shape index (κ3) is 6.62. The fourth-order valence-corrected chi connectivity index (χ4v) is 9.03. The molecule has 1 aliphatic rings. The summed E-state index contributed by atoms with van der Waals surface area (Å²) in [5.74, 6) is 0. The molecule has 0 spiro atoms. The van der Waals surface area contributed by atoms with Crippen molar-refractivity contribution in [2.45, 2.75) is 16.2 Å². The van der Waals surface area contributed by atoms with Crippen molar-refractivity contribution >= 4 is 22.0 Å². The van der Waals surface area contributed by atoms with Crippen molar-refractivity contribution in [3.8, 4) is 33.6 Å². The molecule has 3 nitrogen and oxygen atoms in total. The summed E-state index contributed by atoms with van der Waals surface area (Å²) in [6.45, 7) is 0. The van der Waals surface area contributed by atoms with Gasteiger partial charge in [-0.15, -0.1) is 0 Å². The van der Waals surface area contributed by atoms with Crippen LogP contribution < -0.4 is 0 Å². The summed E-state index contributed by atoms with van der Waals surface area (Å²) >= 11 is 0. The van der Waals surface area contributed by atoms with Gasteiger partial charge in [0.25, 0.3) is 0 Å². The molecular weight excluding hydrogens is 627 g/mol. The lowest BCUT2D eigenvalue weighted by Crippen LogP contribution is -1.95. The summed E-state index contributed by atoms with van der Waals surface area (Å²) in [5.41, 5.74) is 11.3. The van der Waals surface area contributed by atoms with Crippen molar-refractivity contribution < 1.29 is 0 Å². The molecule has 0 saturated heterocycles. The first-order valence-electron chi connectivity index (χ1n) is 16.8. The Morgan fingerprint density at radius 3 is 1.78 bits per heavy atom. The zero-order valence-corrected chi connectivity index (χ0v) is 28.4. The predicted molar refractivity (Wildman–Crippen MR) is 210 cm³/mol. The molecule has 1 atom stereocenters. The molecule has 0 aliphatic heterocycles. The minimum atomic E-state index is -0.842. The van der Waals surface area contributed by atoms with Crippen molar-refractivity contribution in [3.63, 3.8) is 0 Å². The van der Waals surface area contributed by atoms with Crippen LogP contribution >= 0.6 is 10.9 Å². The van der Waals surface area contributed by atoms with Crippen LogP contribution in [0.25, 0.3) is 44.8 Å². The summed E-state index contributed by atoms with van der Waals surface area (Å²) in [7, 11) is -0.842. The first-order valence-corrected chi connectivity index (χ1v) is 18.2. The van der Waals surface area contributed by atoms with E-state index in [1.807, 2.05) is 42.9 Å². The molecular formula is C46H35N3S. The van der Waals surface area contributed by atoms with Crippen LogP contribution in [0.2, 0.25) is 0 Å². The standard InChI is InChI=1S/C46H35N3S/c1-3-12-35(13-4-1)43-19-11-14-37(32-46(43)50(39-15-5-2-6-16-39)40-27-30-47-31-28-40)34-21-23-36(24-22-34)41-17-7-8-18-42(41)38-25-26-45(49-33-38)44-20-9-10-29-48-44/h1-18,20-33,50H,19H2. The minimum Gasteiger partial charge on any atom is -0.265 e. The van der Waals surface area contributed by atoms with Crippen molar-refractivity contribution in [1.82, 2.24) is 15.0 Å². The van der Waals surface area contributed by atoms with E-state index in [-0.39, 0.29) is 0 Å². The lowest BCUT2D eigenvalue weighted by molar-refractivity contribution is 1.25. The van der Waals surface area contributed by atoms with Gasteiger partial charge < -0.3 is 0 Å². The Bertz CT molecular complexity index is 2260. The van der Waals surface area contributed by atoms with E-state index in [1.54, 1.807) is 6.20 Å². The Balaban J connectivity index is 1.18. The third-order valence-electron chi connectivity index (χ3n) is 8.98. The van der Waals surface area contributed by atoms with Gasteiger partial charge >= 0.3 is 0 Å². The molecule has 7 aromatic rings. The monoisotopic (exact) mass is 661 g/mol. The van der Waals surface area contributed by atoms with Crippen LogP contribution in [0.15, 0.2) is 209 Å². The molecule has 0 N–H and O–H groups in total. The van der Waals surface area contributed by atoms with Crippen molar-refractivity contribution in [2.75, 3.05) is 0 Å². The average molecular weight is 662 g/mol. The number of pyridine rings is 3. The number of benzene rings is 4. The first kappa shape index (κ1) is 31.2. The minimum absolute atomic E-state index is 0.842. The Kier molecular flexibility index (Phi) is 9.09. The highest BCUT2D eigenvalue weighted by atomic mass is 32.2. The van der Waals surface area contributed by atoms with E-state index in [0.717, 1.165) is 28.9 Å². The predicted octanol–water partition coefficient (Wildman–Crippen LogP) is 11.7. The summed E-state index contributed by atoms with van der Waals surface area (Å²) in [4.78, 5) is 17.5. The van der Waals surface area contributed by atoms with Gasteiger partial charge in [0.1, 0.15) is 0 Å². The van der Waals surface area contributed by atoms with E-state index >= 15 is 0 Å². The molecule has 0 amide bonds. The van der Waals surface area contributed by atoms with E-state index in [2.05, 4.69) is 156 Å². The maximum atomic E-state index is 4.75. The Morgan fingerprint density at radius 2 is 1.08 bits per heavy atom. The molecule has 0 bridgehead atoms. The largest absolute Gasteiger partial charge is 0.265 e. The normalized spacial score (nSPS) is 13.8. The lowest BCUT2D eigenvalue weighted by atomic mass is 9.94. The van der Waals surface area contributed by atoms with Gasteiger partial charge in [-0.3, -0.25) is 15.0 Å².